The molecule has 1 aromatic carbocycles. The van der Waals surface area contributed by atoms with Gasteiger partial charge in [-0.15, -0.1) is 0 Å². The summed E-state index contributed by atoms with van der Waals surface area (Å²) in [4.78, 5) is 12.0. The highest BCUT2D eigenvalue weighted by Crippen LogP contribution is 2.38. The van der Waals surface area contributed by atoms with Gasteiger partial charge in [-0.1, -0.05) is 11.6 Å². The molecule has 0 saturated carbocycles. The van der Waals surface area contributed by atoms with Crippen LogP contribution >= 0.6 is 11.6 Å². The molecule has 0 amide bonds. The Kier molecular flexibility index (Phi) is 2.87. The summed E-state index contributed by atoms with van der Waals surface area (Å²) in [6.07, 6.45) is -4.82. The maximum absolute atomic E-state index is 12.8. The fourth-order valence-corrected chi connectivity index (χ4v) is 2.24. The van der Waals surface area contributed by atoms with Crippen molar-refractivity contribution >= 4 is 34.5 Å². The Balaban J connectivity index is 2.21. The molecule has 0 aliphatic carbocycles. The van der Waals surface area contributed by atoms with Crippen LogP contribution in [0.15, 0.2) is 23.0 Å². The lowest BCUT2D eigenvalue weighted by Crippen LogP contribution is -2.29. The number of anilines is 4. The second kappa shape index (κ2) is 4.39. The quantitative estimate of drug-likeness (QED) is 0.668. The van der Waals surface area contributed by atoms with Crippen LogP contribution in [0.3, 0.4) is 0 Å². The molecule has 21 heavy (non-hydrogen) atoms. The first-order chi connectivity index (χ1) is 9.77. The van der Waals surface area contributed by atoms with Gasteiger partial charge in [-0.05, 0) is 18.2 Å². The van der Waals surface area contributed by atoms with Crippen molar-refractivity contribution in [1.82, 2.24) is 9.78 Å². The average molecular weight is 317 g/mol. The second-order valence-corrected chi connectivity index (χ2v) is 4.90. The number of rotatable bonds is 0. The fraction of sp³-hybridized carbons (Fsp3) is 0.167. The zero-order chi connectivity index (χ0) is 15.4. The minimum Gasteiger partial charge on any atom is -0.347 e. The first kappa shape index (κ1) is 13.7. The van der Waals surface area contributed by atoms with Gasteiger partial charge in [-0.3, -0.25) is 4.79 Å². The van der Waals surface area contributed by atoms with Crippen LogP contribution < -0.4 is 16.1 Å². The van der Waals surface area contributed by atoms with E-state index in [1.807, 2.05) is 0 Å². The molecule has 2 aromatic rings. The molecule has 2 N–H and O–H groups in total. The zero-order valence-electron chi connectivity index (χ0n) is 10.5. The lowest BCUT2D eigenvalue weighted by molar-refractivity contribution is -0.143. The monoisotopic (exact) mass is 316 g/mol. The van der Waals surface area contributed by atoms with Gasteiger partial charge in [-0.2, -0.15) is 18.3 Å². The van der Waals surface area contributed by atoms with Crippen molar-refractivity contribution in [2.24, 2.45) is 7.05 Å². The Morgan fingerprint density at radius 1 is 1.24 bits per heavy atom. The summed E-state index contributed by atoms with van der Waals surface area (Å²) < 4.78 is 39.4. The van der Waals surface area contributed by atoms with Gasteiger partial charge in [0.25, 0.3) is 0 Å². The van der Waals surface area contributed by atoms with Gasteiger partial charge in [0.1, 0.15) is 5.69 Å². The highest BCUT2D eigenvalue weighted by molar-refractivity contribution is 6.31. The van der Waals surface area contributed by atoms with Gasteiger partial charge in [-0.25, -0.2) is 4.68 Å². The molecule has 1 aliphatic heterocycles. The molecule has 0 saturated heterocycles. The Morgan fingerprint density at radius 2 is 1.95 bits per heavy atom. The van der Waals surface area contributed by atoms with Crippen LogP contribution in [-0.4, -0.2) is 9.78 Å². The van der Waals surface area contributed by atoms with E-state index in [-0.39, 0.29) is 11.5 Å². The maximum atomic E-state index is 12.8. The lowest BCUT2D eigenvalue weighted by atomic mass is 10.2. The molecule has 0 fully saturated rings. The van der Waals surface area contributed by atoms with Crippen molar-refractivity contribution in [3.05, 3.63) is 39.1 Å². The van der Waals surface area contributed by atoms with Crippen molar-refractivity contribution in [2.75, 3.05) is 10.6 Å². The van der Waals surface area contributed by atoms with Gasteiger partial charge in [0, 0.05) is 12.1 Å². The lowest BCUT2D eigenvalue weighted by Gasteiger charge is -2.24. The van der Waals surface area contributed by atoms with E-state index in [4.69, 9.17) is 11.6 Å². The number of alkyl halides is 3. The summed E-state index contributed by atoms with van der Waals surface area (Å²) >= 11 is 5.84. The van der Waals surface area contributed by atoms with Crippen LogP contribution in [0.25, 0.3) is 0 Å². The Labute approximate surface area is 121 Å². The van der Waals surface area contributed by atoms with E-state index in [1.165, 1.54) is 13.1 Å². The van der Waals surface area contributed by atoms with Gasteiger partial charge < -0.3 is 10.6 Å². The molecule has 0 bridgehead atoms. The molecule has 0 radical (unpaired) electrons. The third-order valence-corrected chi connectivity index (χ3v) is 3.25. The van der Waals surface area contributed by atoms with E-state index in [2.05, 4.69) is 15.7 Å². The molecule has 0 atom stereocenters. The summed E-state index contributed by atoms with van der Waals surface area (Å²) in [7, 11) is 1.32. The van der Waals surface area contributed by atoms with Crippen molar-refractivity contribution in [1.29, 1.82) is 0 Å². The van der Waals surface area contributed by atoms with Crippen molar-refractivity contribution < 1.29 is 13.2 Å². The molecule has 9 heteroatoms. The van der Waals surface area contributed by atoms with Crippen LogP contribution in [0.4, 0.5) is 36.1 Å². The SMILES string of the molecule is Cn1nc(C(F)(F)F)c(=O)c2c1Nc1ccc(Cl)cc1N2. The Bertz CT molecular complexity index is 800. The van der Waals surface area contributed by atoms with E-state index in [0.29, 0.717) is 16.4 Å². The highest BCUT2D eigenvalue weighted by atomic mass is 35.5. The van der Waals surface area contributed by atoms with Gasteiger partial charge in [0.15, 0.2) is 5.82 Å². The highest BCUT2D eigenvalue weighted by Gasteiger charge is 2.39. The van der Waals surface area contributed by atoms with Crippen LogP contribution in [0.1, 0.15) is 5.69 Å². The summed E-state index contributed by atoms with van der Waals surface area (Å²) in [6.45, 7) is 0. The second-order valence-electron chi connectivity index (χ2n) is 4.46. The fourth-order valence-electron chi connectivity index (χ4n) is 2.07. The molecule has 3 rings (SSSR count). The Hall–Kier alpha value is -2.22. The molecular weight excluding hydrogens is 309 g/mol. The molecule has 1 aliphatic rings. The van der Waals surface area contributed by atoms with Gasteiger partial charge >= 0.3 is 6.18 Å². The molecular formula is C12H8ClF3N4O. The number of aryl methyl sites for hydroxylation is 1. The number of fused-ring (bicyclic) bond motifs is 2. The number of halogens is 4. The van der Waals surface area contributed by atoms with E-state index < -0.39 is 17.3 Å². The predicted octanol–water partition coefficient (Wildman–Crippen LogP) is 3.25. The topological polar surface area (TPSA) is 59.0 Å². The smallest absolute Gasteiger partial charge is 0.347 e. The summed E-state index contributed by atoms with van der Waals surface area (Å²) in [5, 5.41) is 9.25. The number of aromatic nitrogens is 2. The minimum absolute atomic E-state index is 0.155. The molecule has 2 heterocycles. The third kappa shape index (κ3) is 2.21. The van der Waals surface area contributed by atoms with Gasteiger partial charge in [0.2, 0.25) is 11.1 Å². The van der Waals surface area contributed by atoms with E-state index in [1.54, 1.807) is 12.1 Å². The van der Waals surface area contributed by atoms with Crippen molar-refractivity contribution in [3.63, 3.8) is 0 Å². The molecule has 0 spiro atoms. The van der Waals surface area contributed by atoms with Gasteiger partial charge in [0.05, 0.1) is 11.4 Å². The summed E-state index contributed by atoms with van der Waals surface area (Å²) in [5.41, 5.74) is -1.89. The number of hydrogen-bond acceptors (Lipinski definition) is 4. The molecule has 1 aromatic heterocycles. The largest absolute Gasteiger partial charge is 0.439 e. The summed E-state index contributed by atoms with van der Waals surface area (Å²) in [5.74, 6) is 0.155. The molecule has 110 valence electrons. The number of nitrogens with one attached hydrogen (secondary N) is 2. The van der Waals surface area contributed by atoms with Crippen LogP contribution in [-0.2, 0) is 13.2 Å². The zero-order valence-corrected chi connectivity index (χ0v) is 11.3. The first-order valence-corrected chi connectivity index (χ1v) is 6.17. The predicted molar refractivity (Wildman–Crippen MR) is 72.5 cm³/mol. The normalized spacial score (nSPS) is 13.0. The maximum Gasteiger partial charge on any atom is 0.439 e. The molecule has 0 unspecified atom stereocenters. The van der Waals surface area contributed by atoms with Crippen LogP contribution in [0.5, 0.6) is 0 Å². The Morgan fingerprint density at radius 3 is 2.62 bits per heavy atom. The number of hydrogen-bond donors (Lipinski definition) is 2. The van der Waals surface area contributed by atoms with E-state index in [0.717, 1.165) is 4.68 Å². The van der Waals surface area contributed by atoms with Crippen molar-refractivity contribution in [3.8, 4) is 0 Å². The number of nitrogens with zero attached hydrogens (tertiary/aromatic N) is 2. The standard InChI is InChI=1S/C12H8ClF3N4O/c1-20-11-8(9(21)10(19-20)12(14,15)16)17-7-4-5(13)2-3-6(7)18-11/h2-4,17-18H,1H3. The minimum atomic E-state index is -4.82. The average Bonchev–Trinajstić information content (AvgIpc) is 2.40. The van der Waals surface area contributed by atoms with E-state index >= 15 is 0 Å². The van der Waals surface area contributed by atoms with Crippen molar-refractivity contribution in [2.45, 2.75) is 6.18 Å². The molecule has 5 nitrogen and oxygen atoms in total. The van der Waals surface area contributed by atoms with Crippen LogP contribution in [0.2, 0.25) is 5.02 Å². The first-order valence-electron chi connectivity index (χ1n) is 5.79. The summed E-state index contributed by atoms with van der Waals surface area (Å²) in [6, 6.07) is 4.78. The van der Waals surface area contributed by atoms with Crippen LogP contribution in [0, 0.1) is 0 Å². The third-order valence-electron chi connectivity index (χ3n) is 3.02. The van der Waals surface area contributed by atoms with E-state index in [9.17, 15) is 18.0 Å². The number of benzene rings is 1.